The molecule has 152 valence electrons. The van der Waals surface area contributed by atoms with E-state index in [2.05, 4.69) is 6.92 Å². The minimum absolute atomic E-state index is 0.0590. The smallest absolute Gasteiger partial charge is 0.303 e. The van der Waals surface area contributed by atoms with Gasteiger partial charge in [0.15, 0.2) is 0 Å². The molecule has 25 heavy (non-hydrogen) atoms. The molecule has 0 rings (SSSR count). The van der Waals surface area contributed by atoms with Crippen LogP contribution in [0.15, 0.2) is 0 Å². The normalized spacial score (nSPS) is 11.1. The van der Waals surface area contributed by atoms with E-state index in [1.165, 1.54) is 70.6 Å². The van der Waals surface area contributed by atoms with Gasteiger partial charge in [-0.1, -0.05) is 84.0 Å². The summed E-state index contributed by atoms with van der Waals surface area (Å²) in [5.41, 5.74) is -0.700. The number of aliphatic hydroxyl groups excluding tert-OH is 1. The van der Waals surface area contributed by atoms with Gasteiger partial charge in [0.2, 0.25) is 0 Å². The minimum atomic E-state index is -0.700. The molecule has 0 saturated carbocycles. The zero-order valence-electron chi connectivity index (χ0n) is 17.1. The number of carbonyl (C=O) groups is 1. The Morgan fingerprint density at radius 3 is 1.36 bits per heavy atom. The van der Waals surface area contributed by atoms with Crippen molar-refractivity contribution in [3.8, 4) is 0 Å². The summed E-state index contributed by atoms with van der Waals surface area (Å²) in [5, 5.41) is 25.6. The van der Waals surface area contributed by atoms with Gasteiger partial charge in [0.25, 0.3) is 0 Å². The van der Waals surface area contributed by atoms with E-state index in [4.69, 9.17) is 15.3 Å². The number of rotatable bonds is 16. The van der Waals surface area contributed by atoms with E-state index in [9.17, 15) is 4.79 Å². The number of unbranched alkanes of at least 4 members (excludes halogenated alkanes) is 12. The Bertz CT molecular complexity index is 272. The minimum Gasteiger partial charge on any atom is -0.481 e. The van der Waals surface area contributed by atoms with Gasteiger partial charge < -0.3 is 15.3 Å². The van der Waals surface area contributed by atoms with E-state index in [-0.39, 0.29) is 6.61 Å². The van der Waals surface area contributed by atoms with Crippen LogP contribution in [-0.2, 0) is 4.79 Å². The highest BCUT2D eigenvalue weighted by molar-refractivity contribution is 5.66. The topological polar surface area (TPSA) is 77.8 Å². The Balaban J connectivity index is 0. The first kappa shape index (κ1) is 26.6. The molecule has 4 heteroatoms. The Labute approximate surface area is 156 Å². The number of carboxylic acids is 1. The molecule has 0 bridgehead atoms. The molecule has 0 amide bonds. The van der Waals surface area contributed by atoms with Crippen LogP contribution >= 0.6 is 0 Å². The quantitative estimate of drug-likeness (QED) is 0.309. The number of hydrogen-bond donors (Lipinski definition) is 3. The molecule has 0 saturated heterocycles. The van der Waals surface area contributed by atoms with Crippen molar-refractivity contribution in [1.82, 2.24) is 0 Å². The van der Waals surface area contributed by atoms with Crippen molar-refractivity contribution in [2.75, 3.05) is 6.61 Å². The van der Waals surface area contributed by atoms with E-state index in [1.807, 2.05) is 0 Å². The zero-order chi connectivity index (χ0) is 19.4. The lowest BCUT2D eigenvalue weighted by molar-refractivity contribution is -0.137. The van der Waals surface area contributed by atoms with Crippen LogP contribution in [0.1, 0.15) is 117 Å². The lowest BCUT2D eigenvalue weighted by Gasteiger charge is -2.13. The molecule has 0 aliphatic carbocycles. The summed E-state index contributed by atoms with van der Waals surface area (Å²) in [4.78, 5) is 10.3. The van der Waals surface area contributed by atoms with Gasteiger partial charge in [-0.05, 0) is 26.7 Å². The van der Waals surface area contributed by atoms with Crippen LogP contribution in [0.4, 0.5) is 0 Å². The van der Waals surface area contributed by atoms with Gasteiger partial charge in [-0.3, -0.25) is 4.79 Å². The fourth-order valence-electron chi connectivity index (χ4n) is 2.57. The predicted molar refractivity (Wildman–Crippen MR) is 106 cm³/mol. The van der Waals surface area contributed by atoms with Gasteiger partial charge in [-0.15, -0.1) is 0 Å². The lowest BCUT2D eigenvalue weighted by Crippen LogP contribution is -2.19. The van der Waals surface area contributed by atoms with Crippen molar-refractivity contribution in [3.05, 3.63) is 0 Å². The molecule has 3 N–H and O–H groups in total. The van der Waals surface area contributed by atoms with Crippen molar-refractivity contribution in [2.45, 2.75) is 123 Å². The summed E-state index contributed by atoms with van der Waals surface area (Å²) in [6, 6.07) is 0. The summed E-state index contributed by atoms with van der Waals surface area (Å²) < 4.78 is 0. The number of aliphatic carboxylic acids is 1. The first-order chi connectivity index (χ1) is 11.8. The van der Waals surface area contributed by atoms with Crippen LogP contribution in [0.2, 0.25) is 0 Å². The molecule has 0 aromatic carbocycles. The summed E-state index contributed by atoms with van der Waals surface area (Å²) in [7, 11) is 0. The van der Waals surface area contributed by atoms with Crippen LogP contribution in [0, 0.1) is 0 Å². The summed E-state index contributed by atoms with van der Waals surface area (Å²) in [6.45, 7) is 5.66. The highest BCUT2D eigenvalue weighted by atomic mass is 16.4. The number of hydrogen-bond acceptors (Lipinski definition) is 3. The Kier molecular flexibility index (Phi) is 21.0. The van der Waals surface area contributed by atoms with E-state index in [0.717, 1.165) is 12.8 Å². The largest absolute Gasteiger partial charge is 0.481 e. The standard InChI is InChI=1S/C16H32O2.C5H12O2/c1-2-3-4-5-6-7-8-9-10-11-12-13-14-15-16(17)18;1-5(2,7)3-4-6/h2-15H2,1H3,(H,17,18);6-7H,3-4H2,1-2H3. The molecule has 0 aromatic heterocycles. The van der Waals surface area contributed by atoms with Crippen LogP contribution in [0.25, 0.3) is 0 Å². The van der Waals surface area contributed by atoms with Gasteiger partial charge >= 0.3 is 5.97 Å². The van der Waals surface area contributed by atoms with Gasteiger partial charge in [0, 0.05) is 13.0 Å². The first-order valence-electron chi connectivity index (χ1n) is 10.4. The van der Waals surface area contributed by atoms with Crippen molar-refractivity contribution in [3.63, 3.8) is 0 Å². The first-order valence-corrected chi connectivity index (χ1v) is 10.4. The summed E-state index contributed by atoms with van der Waals surface area (Å²) in [5.74, 6) is -0.655. The van der Waals surface area contributed by atoms with Crippen LogP contribution in [0.5, 0.6) is 0 Å². The molecule has 4 nitrogen and oxygen atoms in total. The highest BCUT2D eigenvalue weighted by Gasteiger charge is 2.09. The van der Waals surface area contributed by atoms with Gasteiger partial charge in [0.1, 0.15) is 0 Å². The maximum atomic E-state index is 10.3. The van der Waals surface area contributed by atoms with E-state index in [0.29, 0.717) is 12.8 Å². The molecule has 0 aromatic rings. The second kappa shape index (κ2) is 19.7. The van der Waals surface area contributed by atoms with Crippen molar-refractivity contribution in [1.29, 1.82) is 0 Å². The summed E-state index contributed by atoms with van der Waals surface area (Å²) in [6.07, 6.45) is 17.7. The van der Waals surface area contributed by atoms with Gasteiger partial charge in [-0.25, -0.2) is 0 Å². The lowest BCUT2D eigenvalue weighted by atomic mass is 10.0. The molecule has 0 aliphatic rings. The number of carboxylic acid groups (broad SMARTS) is 1. The van der Waals surface area contributed by atoms with Gasteiger partial charge in [-0.2, -0.15) is 0 Å². The molecular formula is C21H44O4. The molecule has 0 unspecified atom stereocenters. The average Bonchev–Trinajstić information content (AvgIpc) is 2.51. The monoisotopic (exact) mass is 360 g/mol. The maximum absolute atomic E-state index is 10.3. The van der Waals surface area contributed by atoms with Crippen molar-refractivity contribution in [2.24, 2.45) is 0 Å². The third-order valence-corrected chi connectivity index (χ3v) is 4.22. The molecule has 0 atom stereocenters. The highest BCUT2D eigenvalue weighted by Crippen LogP contribution is 2.12. The van der Waals surface area contributed by atoms with Gasteiger partial charge in [0.05, 0.1) is 5.60 Å². The zero-order valence-corrected chi connectivity index (χ0v) is 17.1. The molecule has 0 heterocycles. The third-order valence-electron chi connectivity index (χ3n) is 4.22. The molecule has 0 spiro atoms. The SMILES string of the molecule is CC(C)(O)CCO.CCCCCCCCCCCCCCCC(=O)O. The van der Waals surface area contributed by atoms with Crippen LogP contribution in [0.3, 0.4) is 0 Å². The van der Waals surface area contributed by atoms with Crippen LogP contribution in [-0.4, -0.2) is 33.5 Å². The Morgan fingerprint density at radius 2 is 1.12 bits per heavy atom. The Morgan fingerprint density at radius 1 is 0.760 bits per heavy atom. The van der Waals surface area contributed by atoms with Crippen molar-refractivity contribution < 1.29 is 20.1 Å². The van der Waals surface area contributed by atoms with Crippen LogP contribution < -0.4 is 0 Å². The molecule has 0 radical (unpaired) electrons. The van der Waals surface area contributed by atoms with E-state index < -0.39 is 11.6 Å². The second-order valence-electron chi connectivity index (χ2n) is 7.67. The number of aliphatic hydroxyl groups is 2. The fraction of sp³-hybridized carbons (Fsp3) is 0.952. The Hall–Kier alpha value is -0.610. The third kappa shape index (κ3) is 31.6. The fourth-order valence-corrected chi connectivity index (χ4v) is 2.57. The van der Waals surface area contributed by atoms with Crippen molar-refractivity contribution >= 4 is 5.97 Å². The van der Waals surface area contributed by atoms with E-state index >= 15 is 0 Å². The average molecular weight is 361 g/mol. The maximum Gasteiger partial charge on any atom is 0.303 e. The summed E-state index contributed by atoms with van der Waals surface area (Å²) >= 11 is 0. The molecule has 0 fully saturated rings. The van der Waals surface area contributed by atoms with E-state index in [1.54, 1.807) is 13.8 Å². The molecular weight excluding hydrogens is 316 g/mol. The second-order valence-corrected chi connectivity index (χ2v) is 7.67. The predicted octanol–water partition coefficient (Wildman–Crippen LogP) is 5.69. The molecule has 0 aliphatic heterocycles.